The molecule has 3 rings (SSSR count). The second kappa shape index (κ2) is 8.95. The number of carbonyl (C=O) groups excluding carboxylic acids is 1. The van der Waals surface area contributed by atoms with Crippen molar-refractivity contribution in [2.75, 3.05) is 5.32 Å². The molecule has 0 spiro atoms. The van der Waals surface area contributed by atoms with Gasteiger partial charge in [0.1, 0.15) is 12.4 Å². The van der Waals surface area contributed by atoms with Gasteiger partial charge >= 0.3 is 0 Å². The Kier molecular flexibility index (Phi) is 6.40. The number of thiazole rings is 1. The summed E-state index contributed by atoms with van der Waals surface area (Å²) < 4.78 is 6.77. The van der Waals surface area contributed by atoms with Crippen molar-refractivity contribution in [1.82, 2.24) is 4.98 Å². The molecule has 0 bridgehead atoms. The summed E-state index contributed by atoms with van der Waals surface area (Å²) in [6.07, 6.45) is 3.29. The van der Waals surface area contributed by atoms with Crippen molar-refractivity contribution in [3.05, 3.63) is 79.8 Å². The third-order valence-electron chi connectivity index (χ3n) is 3.47. The fraction of sp³-hybridized carbons (Fsp3) is 0.100. The number of carbonyl (C=O) groups is 1. The van der Waals surface area contributed by atoms with Crippen LogP contribution in [0.5, 0.6) is 5.75 Å². The lowest BCUT2D eigenvalue weighted by molar-refractivity contribution is -0.111. The van der Waals surface area contributed by atoms with E-state index in [0.29, 0.717) is 6.61 Å². The average Bonchev–Trinajstić information content (AvgIpc) is 3.06. The third-order valence-corrected chi connectivity index (χ3v) is 5.23. The van der Waals surface area contributed by atoms with E-state index in [0.717, 1.165) is 31.3 Å². The number of aryl methyl sites for hydroxylation is 1. The Balaban J connectivity index is 1.59. The molecule has 2 aromatic carbocycles. The molecule has 0 saturated heterocycles. The van der Waals surface area contributed by atoms with E-state index >= 15 is 0 Å². The first-order valence-corrected chi connectivity index (χ1v) is 9.93. The van der Waals surface area contributed by atoms with E-state index < -0.39 is 0 Å². The highest BCUT2D eigenvalue weighted by molar-refractivity contribution is 14.1. The highest BCUT2D eigenvalue weighted by Crippen LogP contribution is 2.18. The second-order valence-electron chi connectivity index (χ2n) is 5.52. The molecule has 0 aliphatic heterocycles. The number of nitrogens with one attached hydrogen (secondary N) is 1. The maximum absolute atomic E-state index is 12.1. The Morgan fingerprint density at radius 3 is 2.88 bits per heavy atom. The normalized spacial score (nSPS) is 10.8. The van der Waals surface area contributed by atoms with Gasteiger partial charge in [-0.2, -0.15) is 0 Å². The molecule has 3 aromatic rings. The third kappa shape index (κ3) is 5.40. The van der Waals surface area contributed by atoms with Crippen molar-refractivity contribution in [2.24, 2.45) is 0 Å². The van der Waals surface area contributed by atoms with Gasteiger partial charge in [-0.15, -0.1) is 11.3 Å². The highest BCUT2D eigenvalue weighted by Gasteiger charge is 2.03. The van der Waals surface area contributed by atoms with Crippen LogP contribution < -0.4 is 10.1 Å². The number of aromatic nitrogens is 1. The summed E-state index contributed by atoms with van der Waals surface area (Å²) in [6.45, 7) is 2.41. The Morgan fingerprint density at radius 2 is 2.12 bits per heavy atom. The zero-order valence-electron chi connectivity index (χ0n) is 14.1. The van der Waals surface area contributed by atoms with E-state index in [-0.39, 0.29) is 5.91 Å². The fourth-order valence-corrected chi connectivity index (χ4v) is 3.37. The van der Waals surface area contributed by atoms with Gasteiger partial charge in [-0.25, -0.2) is 4.98 Å². The van der Waals surface area contributed by atoms with Crippen LogP contribution in [0.25, 0.3) is 6.08 Å². The minimum absolute atomic E-state index is 0.168. The van der Waals surface area contributed by atoms with Crippen LogP contribution in [0.4, 0.5) is 5.69 Å². The molecule has 0 radical (unpaired) electrons. The molecule has 0 fully saturated rings. The SMILES string of the molecule is Cc1nc(COc2cccc(C=CC(=O)Nc3ccccc3I)c2)cs1. The molecule has 6 heteroatoms. The van der Waals surface area contributed by atoms with Gasteiger partial charge in [-0.05, 0) is 65.4 Å². The smallest absolute Gasteiger partial charge is 0.248 e. The maximum Gasteiger partial charge on any atom is 0.248 e. The van der Waals surface area contributed by atoms with E-state index in [1.807, 2.05) is 60.8 Å². The van der Waals surface area contributed by atoms with Crippen LogP contribution in [0.3, 0.4) is 0 Å². The van der Waals surface area contributed by atoms with Gasteiger partial charge in [0.05, 0.1) is 16.4 Å². The van der Waals surface area contributed by atoms with Crippen LogP contribution in [0.2, 0.25) is 0 Å². The van der Waals surface area contributed by atoms with Gasteiger partial charge in [-0.1, -0.05) is 24.3 Å². The predicted molar refractivity (Wildman–Crippen MR) is 114 cm³/mol. The lowest BCUT2D eigenvalue weighted by Crippen LogP contribution is -2.08. The van der Waals surface area contributed by atoms with Crippen molar-refractivity contribution in [3.63, 3.8) is 0 Å². The molecule has 1 amide bonds. The number of anilines is 1. The average molecular weight is 476 g/mol. The highest BCUT2D eigenvalue weighted by atomic mass is 127. The molecule has 0 aliphatic carbocycles. The molecule has 1 heterocycles. The summed E-state index contributed by atoms with van der Waals surface area (Å²) >= 11 is 3.80. The Hall–Kier alpha value is -2.19. The van der Waals surface area contributed by atoms with Gasteiger partial charge in [0.2, 0.25) is 5.91 Å². The topological polar surface area (TPSA) is 51.2 Å². The zero-order valence-corrected chi connectivity index (χ0v) is 17.1. The number of hydrogen-bond donors (Lipinski definition) is 1. The molecule has 132 valence electrons. The van der Waals surface area contributed by atoms with Crippen LogP contribution in [-0.2, 0) is 11.4 Å². The van der Waals surface area contributed by atoms with Crippen LogP contribution in [-0.4, -0.2) is 10.9 Å². The standard InChI is InChI=1S/C20H17IN2O2S/c1-14-22-16(13-26-14)12-25-17-6-4-5-15(11-17)9-10-20(24)23-19-8-3-2-7-18(19)21/h2-11,13H,12H2,1H3,(H,23,24). The number of halogens is 1. The molecule has 0 aliphatic rings. The fourth-order valence-electron chi connectivity index (χ4n) is 2.25. The van der Waals surface area contributed by atoms with Crippen LogP contribution in [0.1, 0.15) is 16.3 Å². The lowest BCUT2D eigenvalue weighted by atomic mass is 10.2. The van der Waals surface area contributed by atoms with E-state index in [4.69, 9.17) is 4.74 Å². The second-order valence-corrected chi connectivity index (χ2v) is 7.75. The number of hydrogen-bond acceptors (Lipinski definition) is 4. The molecule has 26 heavy (non-hydrogen) atoms. The van der Waals surface area contributed by atoms with Crippen LogP contribution in [0, 0.1) is 10.5 Å². The van der Waals surface area contributed by atoms with Gasteiger partial charge in [0.15, 0.2) is 0 Å². The summed E-state index contributed by atoms with van der Waals surface area (Å²) in [6, 6.07) is 15.3. The summed E-state index contributed by atoms with van der Waals surface area (Å²) in [5.74, 6) is 0.578. The van der Waals surface area contributed by atoms with Gasteiger partial charge < -0.3 is 10.1 Å². The quantitative estimate of drug-likeness (QED) is 0.389. The summed E-state index contributed by atoms with van der Waals surface area (Å²) in [5.41, 5.74) is 2.62. The Bertz CT molecular complexity index is 937. The van der Waals surface area contributed by atoms with Gasteiger partial charge in [0, 0.05) is 15.0 Å². The monoisotopic (exact) mass is 476 g/mol. The Labute approximate surface area is 170 Å². The number of rotatable bonds is 6. The minimum Gasteiger partial charge on any atom is -0.487 e. The van der Waals surface area contributed by atoms with Crippen LogP contribution in [0.15, 0.2) is 60.0 Å². The minimum atomic E-state index is -0.168. The molecule has 4 nitrogen and oxygen atoms in total. The number of amides is 1. The van der Waals surface area contributed by atoms with E-state index in [1.54, 1.807) is 17.4 Å². The largest absolute Gasteiger partial charge is 0.487 e. The molecule has 0 atom stereocenters. The predicted octanol–water partition coefficient (Wildman–Crippen LogP) is 5.29. The zero-order chi connectivity index (χ0) is 18.4. The van der Waals surface area contributed by atoms with Crippen molar-refractivity contribution < 1.29 is 9.53 Å². The molecule has 0 unspecified atom stereocenters. The van der Waals surface area contributed by atoms with Crippen molar-refractivity contribution in [3.8, 4) is 5.75 Å². The maximum atomic E-state index is 12.1. The first-order valence-electron chi connectivity index (χ1n) is 7.97. The van der Waals surface area contributed by atoms with Gasteiger partial charge in [-0.3, -0.25) is 4.79 Å². The molecule has 1 N–H and O–H groups in total. The number of benzene rings is 2. The van der Waals surface area contributed by atoms with Gasteiger partial charge in [0.25, 0.3) is 0 Å². The summed E-state index contributed by atoms with van der Waals surface area (Å²) in [7, 11) is 0. The molecule has 0 saturated carbocycles. The van der Waals surface area contributed by atoms with Crippen molar-refractivity contribution >= 4 is 51.6 Å². The number of ether oxygens (including phenoxy) is 1. The number of para-hydroxylation sites is 1. The lowest BCUT2D eigenvalue weighted by Gasteiger charge is -2.06. The van der Waals surface area contributed by atoms with Crippen molar-refractivity contribution in [2.45, 2.75) is 13.5 Å². The molecule has 1 aromatic heterocycles. The van der Waals surface area contributed by atoms with Crippen LogP contribution >= 0.6 is 33.9 Å². The number of nitrogens with zero attached hydrogens (tertiary/aromatic N) is 1. The van der Waals surface area contributed by atoms with E-state index in [1.165, 1.54) is 6.08 Å². The van der Waals surface area contributed by atoms with E-state index in [9.17, 15) is 4.79 Å². The summed E-state index contributed by atoms with van der Waals surface area (Å²) in [4.78, 5) is 16.5. The van der Waals surface area contributed by atoms with Crippen molar-refractivity contribution in [1.29, 1.82) is 0 Å². The summed E-state index contributed by atoms with van der Waals surface area (Å²) in [5, 5.41) is 5.89. The molecular weight excluding hydrogens is 459 g/mol. The Morgan fingerprint density at radius 1 is 1.27 bits per heavy atom. The molecular formula is C20H17IN2O2S. The first kappa shape index (κ1) is 18.6. The van der Waals surface area contributed by atoms with E-state index in [2.05, 4.69) is 32.9 Å². The first-order chi connectivity index (χ1) is 12.6.